The van der Waals surface area contributed by atoms with E-state index in [1.807, 2.05) is 60.7 Å². The summed E-state index contributed by atoms with van der Waals surface area (Å²) in [5.74, 6) is 0.388. The van der Waals surface area contributed by atoms with Gasteiger partial charge in [-0.05, 0) is 16.7 Å². The van der Waals surface area contributed by atoms with Gasteiger partial charge >= 0.3 is 5.97 Å². The maximum absolute atomic E-state index is 11.6. The molecule has 0 atom stereocenters. The molecular formula is C25H23N3O2. The van der Waals surface area contributed by atoms with Crippen LogP contribution in [0.5, 0.6) is 0 Å². The van der Waals surface area contributed by atoms with Gasteiger partial charge in [-0.15, -0.1) is 0 Å². The number of nitrogens with one attached hydrogen (secondary N) is 2. The van der Waals surface area contributed by atoms with Gasteiger partial charge in [0.25, 0.3) is 0 Å². The lowest BCUT2D eigenvalue weighted by Gasteiger charge is -2.37. The van der Waals surface area contributed by atoms with Gasteiger partial charge in [0.15, 0.2) is 0 Å². The van der Waals surface area contributed by atoms with Crippen LogP contribution in [0.4, 0.5) is 5.82 Å². The van der Waals surface area contributed by atoms with Gasteiger partial charge < -0.3 is 10.1 Å². The minimum absolute atomic E-state index is 0.115. The van der Waals surface area contributed by atoms with Gasteiger partial charge in [-0.25, -0.2) is 0 Å². The molecule has 30 heavy (non-hydrogen) atoms. The standard InChI is InChI=1S/C25H23N3O2/c1-30-24(29)18-22-17-23(28-27-22)26-25(19-11-5-2-6-12-19,20-13-7-3-8-14-20)21-15-9-4-10-16-21/h2-17H,18H2,1H3,(H2,26,27,28). The topological polar surface area (TPSA) is 67.0 Å². The molecule has 0 saturated heterocycles. The van der Waals surface area contributed by atoms with Crippen molar-refractivity contribution >= 4 is 11.8 Å². The number of hydrogen-bond donors (Lipinski definition) is 2. The van der Waals surface area contributed by atoms with Crippen LogP contribution in [-0.2, 0) is 21.5 Å². The lowest BCUT2D eigenvalue weighted by Crippen LogP contribution is -2.38. The van der Waals surface area contributed by atoms with E-state index in [-0.39, 0.29) is 12.4 Å². The van der Waals surface area contributed by atoms with Crippen LogP contribution in [0.3, 0.4) is 0 Å². The molecule has 0 unspecified atom stereocenters. The van der Waals surface area contributed by atoms with Gasteiger partial charge in [-0.1, -0.05) is 91.0 Å². The van der Waals surface area contributed by atoms with Gasteiger partial charge in [0.05, 0.1) is 19.2 Å². The van der Waals surface area contributed by atoms with Crippen LogP contribution in [0.1, 0.15) is 22.4 Å². The van der Waals surface area contributed by atoms with E-state index in [1.165, 1.54) is 7.11 Å². The number of nitrogens with zero attached hydrogens (tertiary/aromatic N) is 1. The van der Waals surface area contributed by atoms with Crippen molar-refractivity contribution in [2.75, 3.05) is 12.4 Å². The zero-order valence-electron chi connectivity index (χ0n) is 16.7. The number of ether oxygens (including phenoxy) is 1. The number of carbonyl (C=O) groups excluding carboxylic acids is 1. The van der Waals surface area contributed by atoms with Crippen molar-refractivity contribution in [2.24, 2.45) is 0 Å². The third-order valence-corrected chi connectivity index (χ3v) is 5.13. The van der Waals surface area contributed by atoms with Gasteiger partial charge in [0.1, 0.15) is 11.4 Å². The molecule has 150 valence electrons. The zero-order valence-corrected chi connectivity index (χ0v) is 16.7. The third-order valence-electron chi connectivity index (χ3n) is 5.13. The Bertz CT molecular complexity index is 996. The second kappa shape index (κ2) is 8.66. The van der Waals surface area contributed by atoms with Crippen molar-refractivity contribution in [1.82, 2.24) is 10.2 Å². The molecule has 0 bridgehead atoms. The number of anilines is 1. The molecule has 5 nitrogen and oxygen atoms in total. The summed E-state index contributed by atoms with van der Waals surface area (Å²) in [5, 5.41) is 11.0. The first-order chi connectivity index (χ1) is 14.7. The molecule has 0 aliphatic heterocycles. The second-order valence-corrected chi connectivity index (χ2v) is 7.00. The normalized spacial score (nSPS) is 11.1. The highest BCUT2D eigenvalue weighted by Crippen LogP contribution is 2.39. The molecule has 3 aromatic carbocycles. The molecule has 1 aromatic heterocycles. The number of rotatable bonds is 7. The second-order valence-electron chi connectivity index (χ2n) is 7.00. The van der Waals surface area contributed by atoms with Gasteiger partial charge in [0.2, 0.25) is 0 Å². The number of carbonyl (C=O) groups is 1. The highest BCUT2D eigenvalue weighted by molar-refractivity contribution is 5.72. The number of benzene rings is 3. The van der Waals surface area contributed by atoms with Crippen LogP contribution in [0, 0.1) is 0 Å². The zero-order chi connectivity index (χ0) is 20.8. The average molecular weight is 397 g/mol. The van der Waals surface area contributed by atoms with Crippen LogP contribution in [0.2, 0.25) is 0 Å². The van der Waals surface area contributed by atoms with E-state index < -0.39 is 5.54 Å². The molecule has 4 rings (SSSR count). The molecule has 5 heteroatoms. The smallest absolute Gasteiger partial charge is 0.311 e. The van der Waals surface area contributed by atoms with Crippen molar-refractivity contribution < 1.29 is 9.53 Å². The average Bonchev–Trinajstić information content (AvgIpc) is 3.25. The Morgan fingerprint density at radius 2 is 1.33 bits per heavy atom. The Morgan fingerprint density at radius 1 is 0.867 bits per heavy atom. The predicted molar refractivity (Wildman–Crippen MR) is 117 cm³/mol. The number of aromatic amines is 1. The van der Waals surface area contributed by atoms with E-state index in [1.54, 1.807) is 0 Å². The maximum atomic E-state index is 11.6. The highest BCUT2D eigenvalue weighted by atomic mass is 16.5. The van der Waals surface area contributed by atoms with E-state index >= 15 is 0 Å². The van der Waals surface area contributed by atoms with Crippen molar-refractivity contribution in [3.63, 3.8) is 0 Å². The third kappa shape index (κ3) is 3.82. The Balaban J connectivity index is 1.86. The van der Waals surface area contributed by atoms with Crippen LogP contribution in [0.25, 0.3) is 0 Å². The summed E-state index contributed by atoms with van der Waals surface area (Å²) in [6.07, 6.45) is 0.115. The van der Waals surface area contributed by atoms with Crippen molar-refractivity contribution in [1.29, 1.82) is 0 Å². The van der Waals surface area contributed by atoms with E-state index in [4.69, 9.17) is 4.74 Å². The lowest BCUT2D eigenvalue weighted by atomic mass is 9.77. The molecular weight excluding hydrogens is 374 g/mol. The summed E-state index contributed by atoms with van der Waals surface area (Å²) >= 11 is 0. The van der Waals surface area contributed by atoms with E-state index in [0.29, 0.717) is 11.5 Å². The molecule has 4 aromatic rings. The molecule has 0 saturated carbocycles. The van der Waals surface area contributed by atoms with Gasteiger partial charge in [-0.2, -0.15) is 5.10 Å². The van der Waals surface area contributed by atoms with Crippen molar-refractivity contribution in [3.05, 3.63) is 119 Å². The quantitative estimate of drug-likeness (QED) is 0.355. The van der Waals surface area contributed by atoms with E-state index in [2.05, 4.69) is 51.9 Å². The molecule has 0 spiro atoms. The van der Waals surface area contributed by atoms with E-state index in [9.17, 15) is 4.79 Å². The molecule has 0 aliphatic carbocycles. The number of esters is 1. The summed E-state index contributed by atoms with van der Waals surface area (Å²) in [4.78, 5) is 11.6. The monoisotopic (exact) mass is 397 g/mol. The Kier molecular flexibility index (Phi) is 5.61. The fourth-order valence-corrected chi connectivity index (χ4v) is 3.72. The first kappa shape index (κ1) is 19.5. The number of H-pyrrole nitrogens is 1. The SMILES string of the molecule is COC(=O)Cc1cc(NC(c2ccccc2)(c2ccccc2)c2ccccc2)[nH]n1. The molecule has 0 fully saturated rings. The summed E-state index contributed by atoms with van der Waals surface area (Å²) < 4.78 is 4.76. The fraction of sp³-hybridized carbons (Fsp3) is 0.120. The number of hydrogen-bond acceptors (Lipinski definition) is 4. The van der Waals surface area contributed by atoms with Crippen LogP contribution < -0.4 is 5.32 Å². The van der Waals surface area contributed by atoms with Crippen LogP contribution >= 0.6 is 0 Å². The summed E-state index contributed by atoms with van der Waals surface area (Å²) in [7, 11) is 1.37. The Hall–Kier alpha value is -3.86. The van der Waals surface area contributed by atoms with Crippen molar-refractivity contribution in [3.8, 4) is 0 Å². The first-order valence-corrected chi connectivity index (χ1v) is 9.78. The minimum Gasteiger partial charge on any atom is -0.469 e. The Morgan fingerprint density at radius 3 is 1.77 bits per heavy atom. The van der Waals surface area contributed by atoms with E-state index in [0.717, 1.165) is 16.7 Å². The lowest BCUT2D eigenvalue weighted by molar-refractivity contribution is -0.139. The number of methoxy groups -OCH3 is 1. The van der Waals surface area contributed by atoms with Crippen molar-refractivity contribution in [2.45, 2.75) is 12.0 Å². The summed E-state index contributed by atoms with van der Waals surface area (Å²) in [5.41, 5.74) is 3.23. The molecule has 0 amide bonds. The highest BCUT2D eigenvalue weighted by Gasteiger charge is 2.36. The minimum atomic E-state index is -0.654. The largest absolute Gasteiger partial charge is 0.469 e. The molecule has 0 aliphatic rings. The molecule has 2 N–H and O–H groups in total. The summed E-state index contributed by atoms with van der Waals surface area (Å²) in [6, 6.07) is 32.7. The van der Waals surface area contributed by atoms with Gasteiger partial charge in [-0.3, -0.25) is 9.89 Å². The Labute approximate surface area is 175 Å². The fourth-order valence-electron chi connectivity index (χ4n) is 3.72. The molecule has 0 radical (unpaired) electrons. The number of aromatic nitrogens is 2. The molecule has 1 heterocycles. The predicted octanol–water partition coefficient (Wildman–Crippen LogP) is 4.53. The van der Waals surface area contributed by atoms with Crippen LogP contribution in [0.15, 0.2) is 97.1 Å². The van der Waals surface area contributed by atoms with Crippen LogP contribution in [-0.4, -0.2) is 23.3 Å². The summed E-state index contributed by atoms with van der Waals surface area (Å²) in [6.45, 7) is 0. The first-order valence-electron chi connectivity index (χ1n) is 9.78. The maximum Gasteiger partial charge on any atom is 0.311 e. The van der Waals surface area contributed by atoms with Gasteiger partial charge in [0, 0.05) is 6.07 Å².